The normalized spacial score (nSPS) is 18.2. The Bertz CT molecular complexity index is 1040. The molecule has 0 spiro atoms. The van der Waals surface area contributed by atoms with Gasteiger partial charge < -0.3 is 15.8 Å². The summed E-state index contributed by atoms with van der Waals surface area (Å²) in [5, 5.41) is 5.36. The highest BCUT2D eigenvalue weighted by molar-refractivity contribution is 5.96. The molecule has 2 heterocycles. The zero-order valence-electron chi connectivity index (χ0n) is 14.9. The van der Waals surface area contributed by atoms with Gasteiger partial charge in [-0.1, -0.05) is 18.2 Å². The number of amides is 1. The summed E-state index contributed by atoms with van der Waals surface area (Å²) in [4.78, 5) is 16.8. The summed E-state index contributed by atoms with van der Waals surface area (Å²) in [6.07, 6.45) is 4.76. The summed E-state index contributed by atoms with van der Waals surface area (Å²) in [6, 6.07) is 14.4. The van der Waals surface area contributed by atoms with Crippen LogP contribution in [0.2, 0.25) is 0 Å². The second-order valence-electron chi connectivity index (χ2n) is 7.34. The summed E-state index contributed by atoms with van der Waals surface area (Å²) in [7, 11) is 0. The molecule has 1 amide bonds. The summed E-state index contributed by atoms with van der Waals surface area (Å²) in [6.45, 7) is 0.522. The fourth-order valence-corrected chi connectivity index (χ4v) is 3.66. The van der Waals surface area contributed by atoms with Crippen molar-refractivity contribution < 1.29 is 9.53 Å². The van der Waals surface area contributed by atoms with Crippen LogP contribution in [0.1, 0.15) is 28.8 Å². The van der Waals surface area contributed by atoms with E-state index < -0.39 is 0 Å². The largest absolute Gasteiger partial charge is 0.488 e. The van der Waals surface area contributed by atoms with Crippen LogP contribution in [0.5, 0.6) is 5.75 Å². The number of nitrogens with two attached hydrogens (primary N) is 1. The minimum Gasteiger partial charge on any atom is -0.488 e. The molecule has 1 saturated carbocycles. The molecular formula is C22H21N3O2. The van der Waals surface area contributed by atoms with E-state index >= 15 is 0 Å². The Labute approximate surface area is 157 Å². The van der Waals surface area contributed by atoms with Crippen molar-refractivity contribution in [3.63, 3.8) is 0 Å². The molecule has 1 aliphatic carbocycles. The molecule has 1 fully saturated rings. The minimum atomic E-state index is -0.0234. The third-order valence-corrected chi connectivity index (χ3v) is 5.31. The van der Waals surface area contributed by atoms with Gasteiger partial charge >= 0.3 is 0 Å². The van der Waals surface area contributed by atoms with Crippen molar-refractivity contribution in [3.05, 3.63) is 59.8 Å². The maximum absolute atomic E-state index is 12.3. The first-order valence-electron chi connectivity index (χ1n) is 9.41. The molecular weight excluding hydrogens is 338 g/mol. The standard InChI is InChI=1S/C22H21N3O2/c23-12-17-11-19-18-5-1-14(9-13(18)2-6-21(19)27-17)20-10-15(7-8-24-20)22(26)25-16-3-4-16/h1-2,5-10,16-17H,3-4,11-12,23H2,(H,25,26)/t17-/m0/s1. The van der Waals surface area contributed by atoms with Crippen LogP contribution in [0.4, 0.5) is 0 Å². The summed E-state index contributed by atoms with van der Waals surface area (Å²) >= 11 is 0. The molecule has 1 aromatic heterocycles. The zero-order chi connectivity index (χ0) is 18.4. The van der Waals surface area contributed by atoms with Crippen molar-refractivity contribution in [2.75, 3.05) is 6.54 Å². The predicted octanol–water partition coefficient (Wildman–Crippen LogP) is 3.06. The second kappa shape index (κ2) is 6.35. The van der Waals surface area contributed by atoms with Gasteiger partial charge in [-0.05, 0) is 47.9 Å². The lowest BCUT2D eigenvalue weighted by molar-refractivity contribution is 0.0951. The topological polar surface area (TPSA) is 77.2 Å². The molecule has 0 saturated heterocycles. The molecule has 1 atom stereocenters. The van der Waals surface area contributed by atoms with Gasteiger partial charge in [0.15, 0.2) is 0 Å². The highest BCUT2D eigenvalue weighted by atomic mass is 16.5. The van der Waals surface area contributed by atoms with Crippen LogP contribution in [-0.4, -0.2) is 29.6 Å². The van der Waals surface area contributed by atoms with Gasteiger partial charge in [0.2, 0.25) is 0 Å². The third-order valence-electron chi connectivity index (χ3n) is 5.31. The van der Waals surface area contributed by atoms with E-state index in [1.54, 1.807) is 12.3 Å². The molecule has 0 radical (unpaired) electrons. The lowest BCUT2D eigenvalue weighted by Gasteiger charge is -2.08. The summed E-state index contributed by atoms with van der Waals surface area (Å²) < 4.78 is 5.88. The van der Waals surface area contributed by atoms with Gasteiger partial charge in [0.1, 0.15) is 11.9 Å². The number of ether oxygens (including phenoxy) is 1. The van der Waals surface area contributed by atoms with Gasteiger partial charge in [-0.25, -0.2) is 0 Å². The van der Waals surface area contributed by atoms with Crippen molar-refractivity contribution in [2.24, 2.45) is 5.73 Å². The molecule has 136 valence electrons. The van der Waals surface area contributed by atoms with Crippen LogP contribution in [0.25, 0.3) is 22.0 Å². The van der Waals surface area contributed by atoms with Crippen LogP contribution in [0.3, 0.4) is 0 Å². The van der Waals surface area contributed by atoms with E-state index in [1.807, 2.05) is 12.1 Å². The van der Waals surface area contributed by atoms with Crippen LogP contribution >= 0.6 is 0 Å². The van der Waals surface area contributed by atoms with E-state index in [0.717, 1.165) is 41.7 Å². The Hall–Kier alpha value is -2.92. The van der Waals surface area contributed by atoms with Gasteiger partial charge in [0, 0.05) is 41.9 Å². The number of rotatable bonds is 4. The first-order chi connectivity index (χ1) is 13.2. The number of fused-ring (bicyclic) bond motifs is 3. The number of nitrogens with zero attached hydrogens (tertiary/aromatic N) is 1. The molecule has 1 aliphatic heterocycles. The van der Waals surface area contributed by atoms with Gasteiger partial charge in [-0.15, -0.1) is 0 Å². The quantitative estimate of drug-likeness (QED) is 0.751. The Kier molecular flexibility index (Phi) is 3.83. The maximum Gasteiger partial charge on any atom is 0.251 e. The zero-order valence-corrected chi connectivity index (χ0v) is 14.9. The molecule has 27 heavy (non-hydrogen) atoms. The number of nitrogens with one attached hydrogen (secondary N) is 1. The van der Waals surface area contributed by atoms with E-state index in [-0.39, 0.29) is 12.0 Å². The van der Waals surface area contributed by atoms with Crippen molar-refractivity contribution in [1.29, 1.82) is 0 Å². The highest BCUT2D eigenvalue weighted by Crippen LogP contribution is 2.36. The molecule has 5 heteroatoms. The number of benzene rings is 2. The molecule has 5 nitrogen and oxygen atoms in total. The fourth-order valence-electron chi connectivity index (χ4n) is 3.66. The average Bonchev–Trinajstić information content (AvgIpc) is 3.41. The molecule has 3 aromatic rings. The molecule has 3 N–H and O–H groups in total. The highest BCUT2D eigenvalue weighted by Gasteiger charge is 2.25. The van der Waals surface area contributed by atoms with Crippen LogP contribution in [-0.2, 0) is 6.42 Å². The minimum absolute atomic E-state index is 0.0234. The number of carbonyl (C=O) groups excluding carboxylic acids is 1. The van der Waals surface area contributed by atoms with Gasteiger partial charge in [-0.2, -0.15) is 0 Å². The Morgan fingerprint density at radius 1 is 1.19 bits per heavy atom. The van der Waals surface area contributed by atoms with Crippen molar-refractivity contribution >= 4 is 16.7 Å². The smallest absolute Gasteiger partial charge is 0.251 e. The van der Waals surface area contributed by atoms with Gasteiger partial charge in [-0.3, -0.25) is 9.78 Å². The number of hydrogen-bond donors (Lipinski definition) is 2. The fraction of sp³-hybridized carbons (Fsp3) is 0.273. The molecule has 0 bridgehead atoms. The molecule has 2 aliphatic rings. The van der Waals surface area contributed by atoms with Gasteiger partial charge in [0.25, 0.3) is 5.91 Å². The first-order valence-corrected chi connectivity index (χ1v) is 9.41. The van der Waals surface area contributed by atoms with Crippen molar-refractivity contribution in [2.45, 2.75) is 31.4 Å². The third kappa shape index (κ3) is 3.04. The Morgan fingerprint density at radius 3 is 2.89 bits per heavy atom. The predicted molar refractivity (Wildman–Crippen MR) is 105 cm³/mol. The van der Waals surface area contributed by atoms with E-state index in [4.69, 9.17) is 10.5 Å². The molecule has 5 rings (SSSR count). The van der Waals surface area contributed by atoms with Gasteiger partial charge in [0.05, 0.1) is 5.69 Å². The van der Waals surface area contributed by atoms with E-state index in [0.29, 0.717) is 18.2 Å². The number of hydrogen-bond acceptors (Lipinski definition) is 4. The van der Waals surface area contributed by atoms with Crippen LogP contribution < -0.4 is 15.8 Å². The lowest BCUT2D eigenvalue weighted by Crippen LogP contribution is -2.25. The second-order valence-corrected chi connectivity index (χ2v) is 7.34. The Balaban J connectivity index is 1.49. The van der Waals surface area contributed by atoms with Crippen molar-refractivity contribution in [1.82, 2.24) is 10.3 Å². The molecule has 2 aromatic carbocycles. The van der Waals surface area contributed by atoms with E-state index in [9.17, 15) is 4.79 Å². The summed E-state index contributed by atoms with van der Waals surface area (Å²) in [5.74, 6) is 0.910. The maximum atomic E-state index is 12.3. The monoisotopic (exact) mass is 359 g/mol. The van der Waals surface area contributed by atoms with E-state index in [2.05, 4.69) is 34.6 Å². The number of aromatic nitrogens is 1. The van der Waals surface area contributed by atoms with Crippen molar-refractivity contribution in [3.8, 4) is 17.0 Å². The first kappa shape index (κ1) is 16.3. The Morgan fingerprint density at radius 2 is 2.07 bits per heavy atom. The number of pyridine rings is 1. The van der Waals surface area contributed by atoms with E-state index in [1.165, 1.54) is 10.9 Å². The SMILES string of the molecule is NC[C@@H]1Cc2c(ccc3cc(-c4cc(C(=O)NC5CC5)ccn4)ccc23)O1. The average molecular weight is 359 g/mol. The van der Waals surface area contributed by atoms with Crippen LogP contribution in [0.15, 0.2) is 48.7 Å². The molecule has 0 unspecified atom stereocenters. The number of carbonyl (C=O) groups is 1. The lowest BCUT2D eigenvalue weighted by atomic mass is 9.98. The van der Waals surface area contributed by atoms with Crippen LogP contribution in [0, 0.1) is 0 Å². The summed E-state index contributed by atoms with van der Waals surface area (Å²) in [5.41, 5.74) is 9.44.